The molecule has 48 valence electrons. The molecule has 0 aliphatic carbocycles. The fourth-order valence-electron chi connectivity index (χ4n) is 0. The number of rotatable bonds is 0. The second kappa shape index (κ2) is 185. The Morgan fingerprint density at radius 1 is 0.571 bits per heavy atom. The molecule has 0 radical (unpaired) electrons. The fourth-order valence-corrected chi connectivity index (χ4v) is 0. The molecule has 0 fully saturated rings. The van der Waals surface area contributed by atoms with Crippen LogP contribution >= 0.6 is 9.90 Å². The van der Waals surface area contributed by atoms with Gasteiger partial charge in [-0.1, -0.05) is 0 Å². The van der Waals surface area contributed by atoms with Crippen LogP contribution in [0.4, 0.5) is 0 Å². The van der Waals surface area contributed by atoms with Gasteiger partial charge in [0.25, 0.3) is 0 Å². The molecule has 0 aromatic heterocycles. The normalized spacial score (nSPS) is 0. The van der Waals surface area contributed by atoms with Gasteiger partial charge >= 0.3 is 29.6 Å². The molecule has 0 saturated carbocycles. The van der Waals surface area contributed by atoms with Gasteiger partial charge in [0, 0.05) is 0 Å². The molecule has 0 saturated heterocycles. The standard InChI is InChI=1S/Na.5H2O.H3P/h;5*1H2;1H3/q+1;;;;;;/p-1. The second-order valence-electron chi connectivity index (χ2n) is 0. The third-order valence-corrected chi connectivity index (χ3v) is 0. The Bertz CT molecular complexity index is 8.04. The summed E-state index contributed by atoms with van der Waals surface area (Å²) in [6, 6.07) is 0. The second-order valence-corrected chi connectivity index (χ2v) is 0. The van der Waals surface area contributed by atoms with Crippen molar-refractivity contribution in [3.05, 3.63) is 0 Å². The molecule has 0 rings (SSSR count). The largest absolute Gasteiger partial charge is 1.00 e. The van der Waals surface area contributed by atoms with E-state index in [1.54, 1.807) is 0 Å². The summed E-state index contributed by atoms with van der Waals surface area (Å²) in [6.07, 6.45) is 0. The van der Waals surface area contributed by atoms with Crippen LogP contribution in [0.1, 0.15) is 0 Å². The number of hydrogen-bond donors (Lipinski definition) is 0. The van der Waals surface area contributed by atoms with Gasteiger partial charge < -0.3 is 27.4 Å². The van der Waals surface area contributed by atoms with Gasteiger partial charge in [-0.05, 0) is 0 Å². The maximum Gasteiger partial charge on any atom is 1.00 e. The third kappa shape index (κ3) is 131. The molecule has 0 aromatic carbocycles. The van der Waals surface area contributed by atoms with Crippen LogP contribution in [-0.2, 0) is 0 Å². The van der Waals surface area contributed by atoms with Crippen LogP contribution in [-0.4, -0.2) is 27.4 Å². The first kappa shape index (κ1) is 284. The first-order valence-corrected chi connectivity index (χ1v) is 0. The van der Waals surface area contributed by atoms with Crippen molar-refractivity contribution in [2.45, 2.75) is 0 Å². The summed E-state index contributed by atoms with van der Waals surface area (Å²) in [4.78, 5) is 0. The Labute approximate surface area is 66.9 Å². The quantitative estimate of drug-likeness (QED) is 0.241. The first-order chi connectivity index (χ1) is 0. The average Bonchev–Trinajstić information content (AvgIpc) is 0. The van der Waals surface area contributed by atoms with E-state index >= 15 is 0 Å². The summed E-state index contributed by atoms with van der Waals surface area (Å²) >= 11 is 0. The smallest absolute Gasteiger partial charge is 0.870 e. The molecular formula is H12NaO5P. The molecule has 0 aliphatic heterocycles. The molecule has 0 spiro atoms. The van der Waals surface area contributed by atoms with Gasteiger partial charge in [-0.25, -0.2) is 0 Å². The van der Waals surface area contributed by atoms with Gasteiger partial charge in [0.05, 0.1) is 0 Å². The molecular weight excluding hydrogens is 134 g/mol. The van der Waals surface area contributed by atoms with E-state index < -0.39 is 0 Å². The van der Waals surface area contributed by atoms with Crippen LogP contribution in [0.3, 0.4) is 0 Å². The van der Waals surface area contributed by atoms with Crippen molar-refractivity contribution < 1.29 is 56.9 Å². The van der Waals surface area contributed by atoms with Crippen molar-refractivity contribution >= 4 is 9.90 Å². The van der Waals surface area contributed by atoms with Gasteiger partial charge in [-0.2, -0.15) is 9.90 Å². The van der Waals surface area contributed by atoms with Gasteiger partial charge in [-0.15, -0.1) is 0 Å². The van der Waals surface area contributed by atoms with Crippen LogP contribution in [0.5, 0.6) is 0 Å². The summed E-state index contributed by atoms with van der Waals surface area (Å²) in [6.45, 7) is 0. The molecule has 0 aliphatic rings. The van der Waals surface area contributed by atoms with Crippen LogP contribution in [0.15, 0.2) is 0 Å². The Kier molecular flexibility index (Phi) is 7530. The van der Waals surface area contributed by atoms with Gasteiger partial charge in [0.2, 0.25) is 0 Å². The maximum absolute atomic E-state index is 0. The molecule has 1 atom stereocenters. The zero-order valence-electron chi connectivity index (χ0n) is 4.15. The van der Waals surface area contributed by atoms with Gasteiger partial charge in [-0.3, -0.25) is 0 Å². The average molecular weight is 146 g/mol. The topological polar surface area (TPSA) is 156 Å². The van der Waals surface area contributed by atoms with Gasteiger partial charge in [0.1, 0.15) is 0 Å². The minimum atomic E-state index is 0. The van der Waals surface area contributed by atoms with E-state index in [9.17, 15) is 0 Å². The monoisotopic (exact) mass is 146 g/mol. The molecule has 1 unspecified atom stereocenters. The fraction of sp³-hybridized carbons (Fsp3) is 0. The summed E-state index contributed by atoms with van der Waals surface area (Å²) in [5.41, 5.74) is 0. The number of hydrogen-bond acceptors (Lipinski definition) is 1. The zero-order chi connectivity index (χ0) is 0. The molecule has 7 heteroatoms. The Morgan fingerprint density at radius 2 is 0.571 bits per heavy atom. The molecule has 0 amide bonds. The van der Waals surface area contributed by atoms with Crippen molar-refractivity contribution in [2.24, 2.45) is 0 Å². The molecule has 7 heavy (non-hydrogen) atoms. The predicted molar refractivity (Wildman–Crippen MR) is 27.5 cm³/mol. The molecule has 0 aromatic rings. The van der Waals surface area contributed by atoms with Crippen molar-refractivity contribution in [2.75, 3.05) is 0 Å². The van der Waals surface area contributed by atoms with E-state index in [0.717, 1.165) is 0 Å². The minimum absolute atomic E-state index is 0. The predicted octanol–water partition coefficient (Wildman–Crippen LogP) is -6.41. The van der Waals surface area contributed by atoms with Crippen molar-refractivity contribution in [1.82, 2.24) is 0 Å². The molecule has 9 N–H and O–H groups in total. The first-order valence-electron chi connectivity index (χ1n) is 0. The Balaban J connectivity index is 0. The maximum atomic E-state index is 0. The van der Waals surface area contributed by atoms with Crippen LogP contribution in [0.25, 0.3) is 0 Å². The van der Waals surface area contributed by atoms with Crippen LogP contribution in [0, 0.1) is 0 Å². The van der Waals surface area contributed by atoms with Crippen LogP contribution < -0.4 is 29.6 Å². The Morgan fingerprint density at radius 3 is 0.571 bits per heavy atom. The van der Waals surface area contributed by atoms with Crippen LogP contribution in [0.2, 0.25) is 0 Å². The van der Waals surface area contributed by atoms with Crippen molar-refractivity contribution in [1.29, 1.82) is 0 Å². The van der Waals surface area contributed by atoms with E-state index in [2.05, 4.69) is 0 Å². The third-order valence-electron chi connectivity index (χ3n) is 0. The van der Waals surface area contributed by atoms with Crippen molar-refractivity contribution in [3.8, 4) is 0 Å². The summed E-state index contributed by atoms with van der Waals surface area (Å²) < 4.78 is 0. The Hall–Kier alpha value is 1.23. The zero-order valence-corrected chi connectivity index (χ0v) is 7.57. The van der Waals surface area contributed by atoms with E-state index in [4.69, 9.17) is 0 Å². The molecule has 5 nitrogen and oxygen atoms in total. The van der Waals surface area contributed by atoms with E-state index in [-0.39, 0.29) is 66.8 Å². The summed E-state index contributed by atoms with van der Waals surface area (Å²) in [5.74, 6) is 0. The molecule has 0 bridgehead atoms. The van der Waals surface area contributed by atoms with Crippen molar-refractivity contribution in [3.63, 3.8) is 0 Å². The summed E-state index contributed by atoms with van der Waals surface area (Å²) in [7, 11) is 0. The van der Waals surface area contributed by atoms with E-state index in [1.165, 1.54) is 0 Å². The SMILES string of the molecule is O.O.O.O.P.[Na+].[OH-]. The van der Waals surface area contributed by atoms with Gasteiger partial charge in [0.15, 0.2) is 0 Å². The van der Waals surface area contributed by atoms with E-state index in [1.807, 2.05) is 0 Å². The molecule has 0 heterocycles. The summed E-state index contributed by atoms with van der Waals surface area (Å²) in [5, 5.41) is 0. The van der Waals surface area contributed by atoms with E-state index in [0.29, 0.717) is 0 Å². The minimum Gasteiger partial charge on any atom is -0.870 e.